The number of hydrogen-bond acceptors (Lipinski definition) is 5. The van der Waals surface area contributed by atoms with Gasteiger partial charge in [-0.3, -0.25) is 15.1 Å². The summed E-state index contributed by atoms with van der Waals surface area (Å²) >= 11 is 6.95. The van der Waals surface area contributed by atoms with Gasteiger partial charge in [0.1, 0.15) is 6.67 Å². The van der Waals surface area contributed by atoms with E-state index in [9.17, 15) is 14.5 Å². The molecule has 0 radical (unpaired) electrons. The zero-order chi connectivity index (χ0) is 13.5. The minimum absolute atomic E-state index is 0.0516. The topological polar surface area (TPSA) is 71.6 Å². The molecule has 0 aliphatic rings. The van der Waals surface area contributed by atoms with Gasteiger partial charge in [-0.15, -0.1) is 11.3 Å². The highest BCUT2D eigenvalue weighted by molar-refractivity contribution is 7.15. The standard InChI is InChI=1S/C9H12ClFN4O2S/c1-12-8(6-15(16)17)14(3-2-11)5-7-4-13-9(10)18-7/h4H,2-3,5-6H2,1H3. The third-order valence-electron chi connectivity index (χ3n) is 2.12. The SMILES string of the molecule is CN=C(C[N+](=O)[O-])N(CCF)Cc1cnc(Cl)s1. The summed E-state index contributed by atoms with van der Waals surface area (Å²) in [6.07, 6.45) is 1.57. The molecule has 0 spiro atoms. The Kier molecular flexibility index (Phi) is 5.93. The Labute approximate surface area is 112 Å². The number of aromatic nitrogens is 1. The van der Waals surface area contributed by atoms with E-state index in [1.54, 1.807) is 6.20 Å². The van der Waals surface area contributed by atoms with Crippen molar-refractivity contribution in [3.05, 3.63) is 25.7 Å². The summed E-state index contributed by atoms with van der Waals surface area (Å²) in [4.78, 5) is 20.0. The molecule has 0 saturated heterocycles. The molecule has 18 heavy (non-hydrogen) atoms. The predicted octanol–water partition coefficient (Wildman–Crippen LogP) is 1.87. The van der Waals surface area contributed by atoms with Gasteiger partial charge in [0.2, 0.25) is 0 Å². The van der Waals surface area contributed by atoms with E-state index in [4.69, 9.17) is 11.6 Å². The number of aliphatic imine (C=N–C) groups is 1. The third kappa shape index (κ3) is 4.53. The highest BCUT2D eigenvalue weighted by Gasteiger charge is 2.17. The van der Waals surface area contributed by atoms with Gasteiger partial charge in [0.05, 0.1) is 6.54 Å². The number of rotatable bonds is 6. The zero-order valence-electron chi connectivity index (χ0n) is 9.68. The van der Waals surface area contributed by atoms with E-state index in [-0.39, 0.29) is 12.4 Å². The maximum Gasteiger partial charge on any atom is 0.260 e. The van der Waals surface area contributed by atoms with Gasteiger partial charge in [0.15, 0.2) is 10.3 Å². The van der Waals surface area contributed by atoms with Crippen molar-refractivity contribution in [2.75, 3.05) is 26.8 Å². The van der Waals surface area contributed by atoms with Crippen LogP contribution in [0.3, 0.4) is 0 Å². The Morgan fingerprint density at radius 2 is 2.50 bits per heavy atom. The quantitative estimate of drug-likeness (QED) is 0.347. The molecule has 0 aromatic carbocycles. The molecule has 0 aliphatic heterocycles. The fourth-order valence-electron chi connectivity index (χ4n) is 1.37. The van der Waals surface area contributed by atoms with Crippen LogP contribution in [0.4, 0.5) is 4.39 Å². The van der Waals surface area contributed by atoms with Crippen molar-refractivity contribution in [2.45, 2.75) is 6.54 Å². The van der Waals surface area contributed by atoms with Crippen molar-refractivity contribution in [3.63, 3.8) is 0 Å². The lowest BCUT2D eigenvalue weighted by molar-refractivity contribution is -0.464. The molecular formula is C9H12ClFN4O2S. The highest BCUT2D eigenvalue weighted by atomic mass is 35.5. The van der Waals surface area contributed by atoms with Crippen LogP contribution >= 0.6 is 22.9 Å². The van der Waals surface area contributed by atoms with Crippen LogP contribution in [0.25, 0.3) is 0 Å². The lowest BCUT2D eigenvalue weighted by Crippen LogP contribution is -2.36. The van der Waals surface area contributed by atoms with Crippen LogP contribution in [0.2, 0.25) is 4.47 Å². The van der Waals surface area contributed by atoms with Crippen LogP contribution in [0.15, 0.2) is 11.2 Å². The molecule has 0 saturated carbocycles. The van der Waals surface area contributed by atoms with Crippen molar-refractivity contribution in [1.82, 2.24) is 9.88 Å². The lowest BCUT2D eigenvalue weighted by Gasteiger charge is -2.21. The van der Waals surface area contributed by atoms with Crippen LogP contribution in [0.1, 0.15) is 4.88 Å². The van der Waals surface area contributed by atoms with E-state index in [1.807, 2.05) is 0 Å². The number of amidine groups is 1. The lowest BCUT2D eigenvalue weighted by atomic mass is 10.4. The number of nitro groups is 1. The minimum atomic E-state index is -0.608. The monoisotopic (exact) mass is 294 g/mol. The maximum atomic E-state index is 12.5. The molecule has 0 aliphatic carbocycles. The summed E-state index contributed by atoms with van der Waals surface area (Å²) in [5.41, 5.74) is 0. The Balaban J connectivity index is 2.77. The van der Waals surface area contributed by atoms with E-state index in [1.165, 1.54) is 23.3 Å². The first kappa shape index (κ1) is 14.8. The molecule has 9 heteroatoms. The van der Waals surface area contributed by atoms with Crippen LogP contribution in [-0.4, -0.2) is 47.5 Å². The van der Waals surface area contributed by atoms with Crippen molar-refractivity contribution in [2.24, 2.45) is 4.99 Å². The summed E-state index contributed by atoms with van der Waals surface area (Å²) in [6.45, 7) is -0.669. The zero-order valence-corrected chi connectivity index (χ0v) is 11.2. The number of hydrogen-bond donors (Lipinski definition) is 0. The van der Waals surface area contributed by atoms with Gasteiger partial charge >= 0.3 is 0 Å². The fourth-order valence-corrected chi connectivity index (χ4v) is 2.37. The summed E-state index contributed by atoms with van der Waals surface area (Å²) in [5.74, 6) is 0.238. The van der Waals surface area contributed by atoms with E-state index in [0.717, 1.165) is 4.88 Å². The van der Waals surface area contributed by atoms with Crippen LogP contribution in [0, 0.1) is 10.1 Å². The molecule has 0 amide bonds. The molecule has 100 valence electrons. The third-order valence-corrected chi connectivity index (χ3v) is 3.22. The summed E-state index contributed by atoms with van der Waals surface area (Å²) in [7, 11) is 1.45. The first-order chi connectivity index (χ1) is 8.56. The average Bonchev–Trinajstić information content (AvgIpc) is 2.71. The predicted molar refractivity (Wildman–Crippen MR) is 68.7 cm³/mol. The van der Waals surface area contributed by atoms with Crippen molar-refractivity contribution in [1.29, 1.82) is 0 Å². The van der Waals surface area contributed by atoms with Crippen LogP contribution < -0.4 is 0 Å². The van der Waals surface area contributed by atoms with Crippen molar-refractivity contribution >= 4 is 28.8 Å². The van der Waals surface area contributed by atoms with Crippen molar-refractivity contribution < 1.29 is 9.31 Å². The van der Waals surface area contributed by atoms with E-state index >= 15 is 0 Å². The number of nitrogens with zero attached hydrogens (tertiary/aromatic N) is 4. The molecule has 0 bridgehead atoms. The Bertz CT molecular complexity index is 440. The van der Waals surface area contributed by atoms with Gasteiger partial charge in [0, 0.05) is 29.6 Å². The molecule has 0 atom stereocenters. The highest BCUT2D eigenvalue weighted by Crippen LogP contribution is 2.19. The Morgan fingerprint density at radius 3 is 2.94 bits per heavy atom. The molecule has 1 aromatic rings. The summed E-state index contributed by atoms with van der Waals surface area (Å²) < 4.78 is 12.9. The second-order valence-corrected chi connectivity index (χ2v) is 5.02. The van der Waals surface area contributed by atoms with E-state index in [2.05, 4.69) is 9.98 Å². The Morgan fingerprint density at radius 1 is 1.78 bits per heavy atom. The molecular weight excluding hydrogens is 283 g/mol. The number of halogens is 2. The summed E-state index contributed by atoms with van der Waals surface area (Å²) in [6, 6.07) is 0. The molecule has 0 unspecified atom stereocenters. The maximum absolute atomic E-state index is 12.5. The average molecular weight is 295 g/mol. The second kappa shape index (κ2) is 7.22. The molecule has 0 N–H and O–H groups in total. The second-order valence-electron chi connectivity index (χ2n) is 3.32. The smallest absolute Gasteiger partial charge is 0.260 e. The molecule has 6 nitrogen and oxygen atoms in total. The van der Waals surface area contributed by atoms with Crippen LogP contribution in [0.5, 0.6) is 0 Å². The van der Waals surface area contributed by atoms with Crippen molar-refractivity contribution in [3.8, 4) is 0 Å². The fraction of sp³-hybridized carbons (Fsp3) is 0.556. The largest absolute Gasteiger partial charge is 0.347 e. The van der Waals surface area contributed by atoms with Crippen LogP contribution in [-0.2, 0) is 6.54 Å². The van der Waals surface area contributed by atoms with Gasteiger partial charge in [-0.1, -0.05) is 11.6 Å². The van der Waals surface area contributed by atoms with Gasteiger partial charge < -0.3 is 4.90 Å². The summed E-state index contributed by atoms with van der Waals surface area (Å²) in [5, 5.41) is 10.5. The minimum Gasteiger partial charge on any atom is -0.347 e. The number of thiazole rings is 1. The Hall–Kier alpha value is -1.28. The van der Waals surface area contributed by atoms with E-state index in [0.29, 0.717) is 11.0 Å². The van der Waals surface area contributed by atoms with Gasteiger partial charge in [0.25, 0.3) is 6.54 Å². The number of alkyl halides is 1. The first-order valence-electron chi connectivity index (χ1n) is 5.05. The molecule has 1 aromatic heterocycles. The normalized spacial score (nSPS) is 11.6. The first-order valence-corrected chi connectivity index (χ1v) is 6.24. The molecule has 1 rings (SSSR count). The van der Waals surface area contributed by atoms with E-state index < -0.39 is 18.1 Å². The van der Waals surface area contributed by atoms with Gasteiger partial charge in [-0.05, 0) is 0 Å². The molecule has 1 heterocycles. The van der Waals surface area contributed by atoms with Gasteiger partial charge in [-0.25, -0.2) is 9.37 Å². The van der Waals surface area contributed by atoms with Gasteiger partial charge in [-0.2, -0.15) is 0 Å². The molecule has 0 fully saturated rings.